The van der Waals surface area contributed by atoms with Crippen molar-refractivity contribution in [2.45, 2.75) is 6.92 Å². The van der Waals surface area contributed by atoms with Gasteiger partial charge in [-0.05, 0) is 58.1 Å². The number of aryl methyl sites for hydroxylation is 1. The number of aromatic carboxylic acids is 1. The molecule has 0 saturated carbocycles. The second kappa shape index (κ2) is 5.54. The lowest BCUT2D eigenvalue weighted by Gasteiger charge is -2.08. The van der Waals surface area contributed by atoms with Crippen LogP contribution in [0, 0.1) is 6.92 Å². The lowest BCUT2D eigenvalue weighted by Crippen LogP contribution is -2.12. The molecular formula is C13H10BrNO3S. The summed E-state index contributed by atoms with van der Waals surface area (Å²) < 4.78 is 0.639. The average molecular weight is 340 g/mol. The molecule has 2 aromatic rings. The molecule has 6 heteroatoms. The smallest absolute Gasteiger partial charge is 0.335 e. The number of amides is 1. The van der Waals surface area contributed by atoms with E-state index in [9.17, 15) is 9.59 Å². The molecule has 0 aliphatic heterocycles. The van der Waals surface area contributed by atoms with Crippen molar-refractivity contribution in [3.63, 3.8) is 0 Å². The van der Waals surface area contributed by atoms with Gasteiger partial charge in [0.25, 0.3) is 5.91 Å². The average Bonchev–Trinajstić information content (AvgIpc) is 2.78. The second-order valence-electron chi connectivity index (χ2n) is 3.89. The van der Waals surface area contributed by atoms with E-state index in [-0.39, 0.29) is 11.5 Å². The number of rotatable bonds is 3. The van der Waals surface area contributed by atoms with Gasteiger partial charge in [0.05, 0.1) is 16.1 Å². The van der Waals surface area contributed by atoms with Gasteiger partial charge in [-0.1, -0.05) is 0 Å². The molecule has 4 nitrogen and oxygen atoms in total. The van der Waals surface area contributed by atoms with E-state index in [1.54, 1.807) is 6.07 Å². The molecule has 0 bridgehead atoms. The first-order valence-corrected chi connectivity index (χ1v) is 7.04. The number of carbonyl (C=O) groups is 2. The third kappa shape index (κ3) is 3.02. The number of carbonyl (C=O) groups excluding carboxylic acids is 1. The minimum Gasteiger partial charge on any atom is -0.478 e. The van der Waals surface area contributed by atoms with E-state index in [1.165, 1.54) is 23.5 Å². The molecular weight excluding hydrogens is 330 g/mol. The summed E-state index contributed by atoms with van der Waals surface area (Å²) in [5.74, 6) is -1.27. The van der Waals surface area contributed by atoms with Crippen LogP contribution in [0.15, 0.2) is 34.1 Å². The number of benzene rings is 1. The van der Waals surface area contributed by atoms with Gasteiger partial charge >= 0.3 is 5.97 Å². The first-order valence-electron chi connectivity index (χ1n) is 5.37. The van der Waals surface area contributed by atoms with Crippen molar-refractivity contribution in [1.82, 2.24) is 0 Å². The normalized spacial score (nSPS) is 10.2. The van der Waals surface area contributed by atoms with Gasteiger partial charge in [-0.2, -0.15) is 0 Å². The van der Waals surface area contributed by atoms with Gasteiger partial charge in [-0.3, -0.25) is 4.79 Å². The van der Waals surface area contributed by atoms with Crippen LogP contribution in [0.2, 0.25) is 0 Å². The summed E-state index contributed by atoms with van der Waals surface area (Å²) in [4.78, 5) is 23.6. The number of hydrogen-bond acceptors (Lipinski definition) is 3. The standard InChI is InChI=1S/C13H10BrNO3S/c1-7-4-5-19-11(7)12(16)15-10-6-8(13(17)18)2-3-9(10)14/h2-6H,1H3,(H,15,16)(H,17,18). The monoisotopic (exact) mass is 339 g/mol. The maximum absolute atomic E-state index is 12.1. The van der Waals surface area contributed by atoms with Gasteiger partial charge in [-0.25, -0.2) is 4.79 Å². The molecule has 98 valence electrons. The Morgan fingerprint density at radius 2 is 2.05 bits per heavy atom. The van der Waals surface area contributed by atoms with Crippen LogP contribution in [0.4, 0.5) is 5.69 Å². The topological polar surface area (TPSA) is 66.4 Å². The summed E-state index contributed by atoms with van der Waals surface area (Å²) in [5.41, 5.74) is 1.46. The molecule has 0 spiro atoms. The molecule has 1 aromatic heterocycles. The van der Waals surface area contributed by atoms with Gasteiger partial charge in [0.15, 0.2) is 0 Å². The number of thiophene rings is 1. The Hall–Kier alpha value is -1.66. The maximum atomic E-state index is 12.1. The summed E-state index contributed by atoms with van der Waals surface area (Å²) >= 11 is 4.64. The lowest BCUT2D eigenvalue weighted by molar-refractivity contribution is 0.0696. The van der Waals surface area contributed by atoms with E-state index in [0.717, 1.165) is 5.56 Å². The predicted octanol–water partition coefficient (Wildman–Crippen LogP) is 3.77. The highest BCUT2D eigenvalue weighted by Crippen LogP contribution is 2.25. The van der Waals surface area contributed by atoms with Crippen molar-refractivity contribution in [2.24, 2.45) is 0 Å². The van der Waals surface area contributed by atoms with Crippen LogP contribution >= 0.6 is 27.3 Å². The largest absolute Gasteiger partial charge is 0.478 e. The lowest BCUT2D eigenvalue weighted by atomic mass is 10.2. The van der Waals surface area contributed by atoms with Gasteiger partial charge in [-0.15, -0.1) is 11.3 Å². The number of hydrogen-bond donors (Lipinski definition) is 2. The maximum Gasteiger partial charge on any atom is 0.335 e. The Labute approximate surface area is 122 Å². The third-order valence-electron chi connectivity index (χ3n) is 2.53. The molecule has 19 heavy (non-hydrogen) atoms. The van der Waals surface area contributed by atoms with E-state index in [1.807, 2.05) is 18.4 Å². The Morgan fingerprint density at radius 3 is 2.63 bits per heavy atom. The zero-order valence-corrected chi connectivity index (χ0v) is 12.3. The van der Waals surface area contributed by atoms with E-state index in [4.69, 9.17) is 5.11 Å². The van der Waals surface area contributed by atoms with Gasteiger partial charge in [0, 0.05) is 4.47 Å². The van der Waals surface area contributed by atoms with E-state index in [2.05, 4.69) is 21.2 Å². The molecule has 1 aromatic carbocycles. The van der Waals surface area contributed by atoms with Gasteiger partial charge in [0.2, 0.25) is 0 Å². The fraction of sp³-hybridized carbons (Fsp3) is 0.0769. The molecule has 1 amide bonds. The molecule has 2 N–H and O–H groups in total. The molecule has 0 unspecified atom stereocenters. The van der Waals surface area contributed by atoms with Crippen molar-refractivity contribution < 1.29 is 14.7 Å². The van der Waals surface area contributed by atoms with Crippen LogP contribution in [0.25, 0.3) is 0 Å². The van der Waals surface area contributed by atoms with Crippen molar-refractivity contribution in [3.8, 4) is 0 Å². The summed E-state index contributed by atoms with van der Waals surface area (Å²) in [7, 11) is 0. The SMILES string of the molecule is Cc1ccsc1C(=O)Nc1cc(C(=O)O)ccc1Br. The molecule has 0 fully saturated rings. The molecule has 0 aliphatic rings. The van der Waals surface area contributed by atoms with Crippen molar-refractivity contribution >= 4 is 44.8 Å². The highest BCUT2D eigenvalue weighted by Gasteiger charge is 2.13. The minimum absolute atomic E-state index is 0.126. The van der Waals surface area contributed by atoms with Crippen LogP contribution in [-0.2, 0) is 0 Å². The Kier molecular flexibility index (Phi) is 4.01. The first kappa shape index (κ1) is 13.8. The van der Waals surface area contributed by atoms with Crippen LogP contribution < -0.4 is 5.32 Å². The first-order chi connectivity index (χ1) is 8.99. The van der Waals surface area contributed by atoms with Crippen molar-refractivity contribution in [2.75, 3.05) is 5.32 Å². The summed E-state index contributed by atoms with van der Waals surface area (Å²) in [6.45, 7) is 1.86. The minimum atomic E-state index is -1.03. The van der Waals surface area contributed by atoms with Crippen molar-refractivity contribution in [3.05, 3.63) is 50.1 Å². The zero-order valence-electron chi connectivity index (χ0n) is 9.94. The fourth-order valence-corrected chi connectivity index (χ4v) is 2.70. The molecule has 0 aliphatic carbocycles. The molecule has 0 radical (unpaired) electrons. The number of nitrogens with one attached hydrogen (secondary N) is 1. The number of halogens is 1. The molecule has 2 rings (SSSR count). The quantitative estimate of drug-likeness (QED) is 0.894. The van der Waals surface area contributed by atoms with Crippen molar-refractivity contribution in [1.29, 1.82) is 0 Å². The second-order valence-corrected chi connectivity index (χ2v) is 5.66. The summed E-state index contributed by atoms with van der Waals surface area (Å²) in [5, 5.41) is 13.5. The van der Waals surface area contributed by atoms with Crippen LogP contribution in [-0.4, -0.2) is 17.0 Å². The predicted molar refractivity (Wildman–Crippen MR) is 78.1 cm³/mol. The van der Waals surface area contributed by atoms with Crippen LogP contribution in [0.5, 0.6) is 0 Å². The Morgan fingerprint density at radius 1 is 1.32 bits per heavy atom. The van der Waals surface area contributed by atoms with Gasteiger partial charge in [0.1, 0.15) is 0 Å². The number of anilines is 1. The Bertz CT molecular complexity index is 651. The highest BCUT2D eigenvalue weighted by molar-refractivity contribution is 9.10. The number of carboxylic acids is 1. The van der Waals surface area contributed by atoms with E-state index >= 15 is 0 Å². The summed E-state index contributed by atoms with van der Waals surface area (Å²) in [6, 6.07) is 6.36. The molecule has 0 atom stereocenters. The Balaban J connectivity index is 2.28. The third-order valence-corrected chi connectivity index (χ3v) is 4.24. The summed E-state index contributed by atoms with van der Waals surface area (Å²) in [6.07, 6.45) is 0. The van der Waals surface area contributed by atoms with E-state index in [0.29, 0.717) is 15.0 Å². The fourth-order valence-electron chi connectivity index (χ4n) is 1.54. The molecule has 0 saturated heterocycles. The van der Waals surface area contributed by atoms with Crippen LogP contribution in [0.3, 0.4) is 0 Å². The number of carboxylic acid groups (broad SMARTS) is 1. The highest BCUT2D eigenvalue weighted by atomic mass is 79.9. The van der Waals surface area contributed by atoms with Crippen LogP contribution in [0.1, 0.15) is 25.6 Å². The van der Waals surface area contributed by atoms with Gasteiger partial charge < -0.3 is 10.4 Å². The zero-order chi connectivity index (χ0) is 14.0. The molecule has 1 heterocycles. The van der Waals surface area contributed by atoms with E-state index < -0.39 is 5.97 Å².